The molecule has 0 spiro atoms. The molecule has 6 heteroatoms. The molecule has 0 radical (unpaired) electrons. The lowest BCUT2D eigenvalue weighted by molar-refractivity contribution is 0.233. The van der Waals surface area contributed by atoms with E-state index < -0.39 is 0 Å². The summed E-state index contributed by atoms with van der Waals surface area (Å²) in [5.41, 5.74) is 38.9. The molecule has 0 amide bonds. The van der Waals surface area contributed by atoms with E-state index in [1.165, 1.54) is 0 Å². The number of anilines is 3. The summed E-state index contributed by atoms with van der Waals surface area (Å²) in [6.45, 7) is 2.07. The van der Waals surface area contributed by atoms with Gasteiger partial charge in [-0.3, -0.25) is 0 Å². The van der Waals surface area contributed by atoms with Gasteiger partial charge < -0.3 is 34.4 Å². The Kier molecular flexibility index (Phi) is 3.58. The minimum atomic E-state index is -0.257. The van der Waals surface area contributed by atoms with Gasteiger partial charge in [0.15, 0.2) is 0 Å². The number of hydrogen-bond acceptors (Lipinski definition) is 6. The average molecular weight is 264 g/mol. The van der Waals surface area contributed by atoms with Crippen LogP contribution in [0.4, 0.5) is 17.1 Å². The molecule has 1 aromatic rings. The highest BCUT2D eigenvalue weighted by Crippen LogP contribution is 2.39. The van der Waals surface area contributed by atoms with Crippen molar-refractivity contribution in [3.63, 3.8) is 0 Å². The predicted octanol–water partition coefficient (Wildman–Crippen LogP) is -0.461. The second-order valence-electron chi connectivity index (χ2n) is 5.67. The molecule has 2 rings (SSSR count). The van der Waals surface area contributed by atoms with Gasteiger partial charge in [0, 0.05) is 46.7 Å². The average Bonchev–Trinajstić information content (AvgIpc) is 2.29. The molecule has 1 saturated carbocycles. The number of rotatable bonds is 1. The monoisotopic (exact) mass is 264 g/mol. The molecular formula is C13H24N6. The van der Waals surface area contributed by atoms with Crippen molar-refractivity contribution < 1.29 is 0 Å². The first-order chi connectivity index (χ1) is 8.82. The Bertz CT molecular complexity index is 451. The summed E-state index contributed by atoms with van der Waals surface area (Å²) >= 11 is 0. The third kappa shape index (κ3) is 2.34. The maximum Gasteiger partial charge on any atom is 0.0392 e. The van der Waals surface area contributed by atoms with E-state index in [0.717, 1.165) is 12.0 Å². The summed E-state index contributed by atoms with van der Waals surface area (Å²) in [5, 5.41) is 0. The van der Waals surface area contributed by atoms with Gasteiger partial charge in [-0.1, -0.05) is 6.92 Å². The molecule has 5 unspecified atom stereocenters. The SMILES string of the molecule is CC1CC(N)C(c2c(N)cc(N)cc2N)C(N)C1N. The third-order valence-corrected chi connectivity index (χ3v) is 4.22. The van der Waals surface area contributed by atoms with E-state index in [2.05, 4.69) is 6.92 Å². The Labute approximate surface area is 113 Å². The summed E-state index contributed by atoms with van der Waals surface area (Å²) in [6.07, 6.45) is 0.808. The molecule has 0 saturated heterocycles. The maximum absolute atomic E-state index is 6.26. The molecule has 5 atom stereocenters. The van der Waals surface area contributed by atoms with Crippen LogP contribution in [-0.2, 0) is 0 Å². The van der Waals surface area contributed by atoms with Gasteiger partial charge in [0.2, 0.25) is 0 Å². The van der Waals surface area contributed by atoms with Crippen molar-refractivity contribution in [3.8, 4) is 0 Å². The van der Waals surface area contributed by atoms with Gasteiger partial charge in [0.05, 0.1) is 0 Å². The van der Waals surface area contributed by atoms with Gasteiger partial charge in [0.1, 0.15) is 0 Å². The molecule has 0 heterocycles. The topological polar surface area (TPSA) is 156 Å². The van der Waals surface area contributed by atoms with E-state index in [4.69, 9.17) is 34.4 Å². The molecular weight excluding hydrogens is 240 g/mol. The summed E-state index contributed by atoms with van der Waals surface area (Å²) in [7, 11) is 0. The molecule has 1 aliphatic rings. The minimum Gasteiger partial charge on any atom is -0.399 e. The van der Waals surface area contributed by atoms with Crippen molar-refractivity contribution in [3.05, 3.63) is 17.7 Å². The fourth-order valence-electron chi connectivity index (χ4n) is 3.15. The molecule has 0 bridgehead atoms. The summed E-state index contributed by atoms with van der Waals surface area (Å²) in [4.78, 5) is 0. The Morgan fingerprint density at radius 2 is 1.47 bits per heavy atom. The van der Waals surface area contributed by atoms with Gasteiger partial charge in [-0.2, -0.15) is 0 Å². The molecule has 1 aromatic carbocycles. The lowest BCUT2D eigenvalue weighted by atomic mass is 9.70. The van der Waals surface area contributed by atoms with E-state index >= 15 is 0 Å². The Balaban J connectivity index is 2.46. The fraction of sp³-hybridized carbons (Fsp3) is 0.538. The zero-order chi connectivity index (χ0) is 14.3. The molecule has 106 valence electrons. The summed E-state index contributed by atoms with van der Waals surface area (Å²) in [6, 6.07) is 2.91. The lowest BCUT2D eigenvalue weighted by Crippen LogP contribution is -2.58. The van der Waals surface area contributed by atoms with Gasteiger partial charge in [-0.05, 0) is 24.5 Å². The normalized spacial score (nSPS) is 35.3. The Morgan fingerprint density at radius 1 is 0.947 bits per heavy atom. The standard InChI is InChI=1S/C13H24N6/c1-5-2-7(15)11(13(19)12(5)18)10-8(16)3-6(14)4-9(10)17/h3-5,7,11-13H,2,14-19H2,1H3. The van der Waals surface area contributed by atoms with E-state index in [9.17, 15) is 0 Å². The zero-order valence-electron chi connectivity index (χ0n) is 11.2. The van der Waals surface area contributed by atoms with E-state index in [1.807, 2.05) is 0 Å². The number of hydrogen-bond donors (Lipinski definition) is 6. The van der Waals surface area contributed by atoms with Crippen LogP contribution >= 0.6 is 0 Å². The van der Waals surface area contributed by atoms with Gasteiger partial charge in [-0.25, -0.2) is 0 Å². The fourth-order valence-corrected chi connectivity index (χ4v) is 3.15. The van der Waals surface area contributed by atoms with Gasteiger partial charge >= 0.3 is 0 Å². The molecule has 19 heavy (non-hydrogen) atoms. The molecule has 1 fully saturated rings. The zero-order valence-corrected chi connectivity index (χ0v) is 11.2. The first kappa shape index (κ1) is 13.9. The van der Waals surface area contributed by atoms with Crippen LogP contribution in [0.2, 0.25) is 0 Å². The molecule has 0 aromatic heterocycles. The first-order valence-electron chi connectivity index (χ1n) is 6.54. The van der Waals surface area contributed by atoms with Crippen molar-refractivity contribution in [2.24, 2.45) is 23.1 Å². The van der Waals surface area contributed by atoms with Crippen molar-refractivity contribution in [2.75, 3.05) is 17.2 Å². The van der Waals surface area contributed by atoms with Crippen LogP contribution in [0.5, 0.6) is 0 Å². The van der Waals surface area contributed by atoms with E-state index in [0.29, 0.717) is 17.1 Å². The largest absolute Gasteiger partial charge is 0.399 e. The second kappa shape index (κ2) is 4.88. The Morgan fingerprint density at radius 3 is 2.00 bits per heavy atom. The highest BCUT2D eigenvalue weighted by atomic mass is 14.9. The molecule has 12 N–H and O–H groups in total. The number of nitrogens with two attached hydrogens (primary N) is 6. The van der Waals surface area contributed by atoms with Crippen molar-refractivity contribution in [2.45, 2.75) is 37.4 Å². The third-order valence-electron chi connectivity index (χ3n) is 4.22. The van der Waals surface area contributed by atoms with Crippen molar-refractivity contribution >= 4 is 17.1 Å². The van der Waals surface area contributed by atoms with Crippen molar-refractivity contribution in [1.82, 2.24) is 0 Å². The molecule has 1 aliphatic carbocycles. The summed E-state index contributed by atoms with van der Waals surface area (Å²) in [5.74, 6) is 0.157. The van der Waals surface area contributed by atoms with Crippen LogP contribution in [0.3, 0.4) is 0 Å². The van der Waals surface area contributed by atoms with Crippen LogP contribution in [0.15, 0.2) is 12.1 Å². The van der Waals surface area contributed by atoms with Crippen LogP contribution in [-0.4, -0.2) is 18.1 Å². The van der Waals surface area contributed by atoms with E-state index in [1.54, 1.807) is 12.1 Å². The van der Waals surface area contributed by atoms with Crippen LogP contribution < -0.4 is 34.4 Å². The van der Waals surface area contributed by atoms with Gasteiger partial charge in [-0.15, -0.1) is 0 Å². The number of nitrogen functional groups attached to an aromatic ring is 3. The first-order valence-corrected chi connectivity index (χ1v) is 6.54. The highest BCUT2D eigenvalue weighted by Gasteiger charge is 2.40. The summed E-state index contributed by atoms with van der Waals surface area (Å²) < 4.78 is 0. The predicted molar refractivity (Wildman–Crippen MR) is 80.1 cm³/mol. The maximum atomic E-state index is 6.26. The van der Waals surface area contributed by atoms with Crippen LogP contribution in [0.25, 0.3) is 0 Å². The second-order valence-corrected chi connectivity index (χ2v) is 5.67. The Hall–Kier alpha value is -1.50. The van der Waals surface area contributed by atoms with Crippen molar-refractivity contribution in [1.29, 1.82) is 0 Å². The molecule has 6 nitrogen and oxygen atoms in total. The smallest absolute Gasteiger partial charge is 0.0392 e. The molecule has 0 aliphatic heterocycles. The highest BCUT2D eigenvalue weighted by molar-refractivity contribution is 5.70. The van der Waals surface area contributed by atoms with E-state index in [-0.39, 0.29) is 30.0 Å². The lowest BCUT2D eigenvalue weighted by Gasteiger charge is -2.43. The van der Waals surface area contributed by atoms with Gasteiger partial charge in [0.25, 0.3) is 0 Å². The van der Waals surface area contributed by atoms with Crippen LogP contribution in [0, 0.1) is 5.92 Å². The number of benzene rings is 1. The van der Waals surface area contributed by atoms with Crippen LogP contribution in [0.1, 0.15) is 24.8 Å². The minimum absolute atomic E-state index is 0.0991. The quantitative estimate of drug-likeness (QED) is 0.377.